The Bertz CT molecular complexity index is 425. The lowest BCUT2D eigenvalue weighted by Gasteiger charge is -2.23. The van der Waals surface area contributed by atoms with Crippen LogP contribution in [0, 0.1) is 17.0 Å². The number of hydrogen-bond donors (Lipinski definition) is 0. The fraction of sp³-hybridized carbons (Fsp3) is 0.727. The van der Waals surface area contributed by atoms with E-state index in [9.17, 15) is 10.1 Å². The van der Waals surface area contributed by atoms with Gasteiger partial charge < -0.3 is 14.4 Å². The van der Waals surface area contributed by atoms with Gasteiger partial charge in [0.05, 0.1) is 18.1 Å². The summed E-state index contributed by atoms with van der Waals surface area (Å²) in [5, 5.41) is 15.3. The molecular formula is C11H20N4O4. The monoisotopic (exact) mass is 272 g/mol. The first kappa shape index (κ1) is 15.4. The van der Waals surface area contributed by atoms with Crippen molar-refractivity contribution >= 4 is 11.5 Å². The number of aryl methyl sites for hydroxylation is 2. The van der Waals surface area contributed by atoms with Crippen molar-refractivity contribution < 1.29 is 14.4 Å². The molecule has 0 atom stereocenters. The number of nitro groups is 1. The van der Waals surface area contributed by atoms with Gasteiger partial charge in [0.25, 0.3) is 0 Å². The second-order valence-electron chi connectivity index (χ2n) is 4.11. The van der Waals surface area contributed by atoms with E-state index in [1.807, 2.05) is 4.90 Å². The summed E-state index contributed by atoms with van der Waals surface area (Å²) in [4.78, 5) is 12.6. The Morgan fingerprint density at radius 2 is 1.84 bits per heavy atom. The molecule has 0 spiro atoms. The molecule has 1 aromatic heterocycles. The lowest BCUT2D eigenvalue weighted by Crippen LogP contribution is -2.32. The van der Waals surface area contributed by atoms with Crippen LogP contribution in [0.4, 0.5) is 11.5 Å². The van der Waals surface area contributed by atoms with Crippen molar-refractivity contribution in [1.82, 2.24) is 9.78 Å². The minimum atomic E-state index is -0.399. The van der Waals surface area contributed by atoms with Crippen molar-refractivity contribution in [1.29, 1.82) is 0 Å². The smallest absolute Gasteiger partial charge is 0.333 e. The molecule has 19 heavy (non-hydrogen) atoms. The molecule has 0 bridgehead atoms. The molecule has 8 heteroatoms. The van der Waals surface area contributed by atoms with E-state index in [4.69, 9.17) is 9.47 Å². The lowest BCUT2D eigenvalue weighted by molar-refractivity contribution is -0.384. The Morgan fingerprint density at radius 1 is 1.32 bits per heavy atom. The van der Waals surface area contributed by atoms with Gasteiger partial charge in [0.2, 0.25) is 5.82 Å². The summed E-state index contributed by atoms with van der Waals surface area (Å²) in [5.74, 6) is 0.483. The van der Waals surface area contributed by atoms with E-state index in [1.54, 1.807) is 28.2 Å². The maximum atomic E-state index is 11.2. The van der Waals surface area contributed by atoms with Crippen LogP contribution >= 0.6 is 0 Å². The van der Waals surface area contributed by atoms with Gasteiger partial charge in [0.15, 0.2) is 0 Å². The first-order chi connectivity index (χ1) is 9.02. The zero-order valence-corrected chi connectivity index (χ0v) is 11.8. The van der Waals surface area contributed by atoms with Gasteiger partial charge in [-0.05, 0) is 6.92 Å². The van der Waals surface area contributed by atoms with Gasteiger partial charge in [0.1, 0.15) is 5.69 Å². The second kappa shape index (κ2) is 7.05. The normalized spacial score (nSPS) is 10.7. The zero-order valence-electron chi connectivity index (χ0n) is 11.8. The van der Waals surface area contributed by atoms with Gasteiger partial charge in [-0.3, -0.25) is 10.1 Å². The summed E-state index contributed by atoms with van der Waals surface area (Å²) < 4.78 is 11.6. The number of hydrogen-bond acceptors (Lipinski definition) is 6. The van der Waals surface area contributed by atoms with Gasteiger partial charge in [-0.25, -0.2) is 4.68 Å². The third-order valence-electron chi connectivity index (χ3n) is 2.77. The standard InChI is InChI=1S/C11H20N4O4/c1-9-10(15(16)17)11(13(2)12-9)14(5-7-18-3)6-8-19-4/h5-8H2,1-4H3. The molecule has 108 valence electrons. The fourth-order valence-electron chi connectivity index (χ4n) is 1.93. The second-order valence-corrected chi connectivity index (χ2v) is 4.11. The molecule has 0 amide bonds. The van der Waals surface area contributed by atoms with E-state index < -0.39 is 4.92 Å². The molecule has 0 N–H and O–H groups in total. The molecular weight excluding hydrogens is 252 g/mol. The number of nitrogens with zero attached hydrogens (tertiary/aromatic N) is 4. The van der Waals surface area contributed by atoms with Crippen LogP contribution in [-0.2, 0) is 16.5 Å². The van der Waals surface area contributed by atoms with Crippen molar-refractivity contribution in [2.45, 2.75) is 6.92 Å². The summed E-state index contributed by atoms with van der Waals surface area (Å²) in [6.45, 7) is 3.67. The molecule has 0 aliphatic heterocycles. The maximum absolute atomic E-state index is 11.2. The summed E-state index contributed by atoms with van der Waals surface area (Å²) in [7, 11) is 4.89. The summed E-state index contributed by atoms with van der Waals surface area (Å²) in [6, 6.07) is 0. The molecule has 1 rings (SSSR count). The van der Waals surface area contributed by atoms with Crippen molar-refractivity contribution in [3.05, 3.63) is 15.8 Å². The Morgan fingerprint density at radius 3 is 2.26 bits per heavy atom. The molecule has 0 aliphatic rings. The molecule has 0 saturated heterocycles. The van der Waals surface area contributed by atoms with Crippen LogP contribution < -0.4 is 4.90 Å². The quantitative estimate of drug-likeness (QED) is 0.512. The van der Waals surface area contributed by atoms with Crippen LogP contribution in [0.5, 0.6) is 0 Å². The predicted molar refractivity (Wildman–Crippen MR) is 70.6 cm³/mol. The Hall–Kier alpha value is -1.67. The number of rotatable bonds is 8. The highest BCUT2D eigenvalue weighted by atomic mass is 16.6. The average molecular weight is 272 g/mol. The molecule has 0 aliphatic carbocycles. The van der Waals surface area contributed by atoms with Gasteiger partial charge >= 0.3 is 5.69 Å². The Labute approximate surface area is 112 Å². The first-order valence-electron chi connectivity index (χ1n) is 5.93. The van der Waals surface area contributed by atoms with Crippen LogP contribution in [0.1, 0.15) is 5.69 Å². The predicted octanol–water partition coefficient (Wildman–Crippen LogP) is 0.736. The zero-order chi connectivity index (χ0) is 14.4. The number of anilines is 1. The minimum absolute atomic E-state index is 0.0368. The topological polar surface area (TPSA) is 82.7 Å². The van der Waals surface area contributed by atoms with Crippen molar-refractivity contribution in [3.8, 4) is 0 Å². The summed E-state index contributed by atoms with van der Waals surface area (Å²) >= 11 is 0. The van der Waals surface area contributed by atoms with Crippen LogP contribution in [0.2, 0.25) is 0 Å². The van der Waals surface area contributed by atoms with E-state index in [0.29, 0.717) is 37.8 Å². The van der Waals surface area contributed by atoms with Gasteiger partial charge in [-0.15, -0.1) is 0 Å². The average Bonchev–Trinajstić information content (AvgIpc) is 2.65. The number of aromatic nitrogens is 2. The molecule has 1 heterocycles. The highest BCUT2D eigenvalue weighted by Crippen LogP contribution is 2.30. The minimum Gasteiger partial charge on any atom is -0.383 e. The molecule has 0 radical (unpaired) electrons. The molecule has 8 nitrogen and oxygen atoms in total. The fourth-order valence-corrected chi connectivity index (χ4v) is 1.93. The van der Waals surface area contributed by atoms with Crippen LogP contribution in [0.3, 0.4) is 0 Å². The van der Waals surface area contributed by atoms with Gasteiger partial charge in [0, 0.05) is 34.4 Å². The van der Waals surface area contributed by atoms with E-state index in [0.717, 1.165) is 0 Å². The lowest BCUT2D eigenvalue weighted by atomic mass is 10.3. The first-order valence-corrected chi connectivity index (χ1v) is 5.93. The summed E-state index contributed by atoms with van der Waals surface area (Å²) in [5.41, 5.74) is 0.442. The maximum Gasteiger partial charge on any atom is 0.333 e. The van der Waals surface area contributed by atoms with Gasteiger partial charge in [-0.2, -0.15) is 5.10 Å². The van der Waals surface area contributed by atoms with E-state index in [1.165, 1.54) is 4.68 Å². The van der Waals surface area contributed by atoms with E-state index in [-0.39, 0.29) is 5.69 Å². The number of methoxy groups -OCH3 is 2. The Kier molecular flexibility index (Phi) is 5.71. The SMILES string of the molecule is COCCN(CCOC)c1c([N+](=O)[O-])c(C)nn1C. The number of ether oxygens (including phenoxy) is 2. The highest BCUT2D eigenvalue weighted by molar-refractivity contribution is 5.61. The van der Waals surface area contributed by atoms with Crippen LogP contribution in [0.15, 0.2) is 0 Å². The Balaban J connectivity index is 3.09. The van der Waals surface area contributed by atoms with Crippen molar-refractivity contribution in [3.63, 3.8) is 0 Å². The van der Waals surface area contributed by atoms with Crippen LogP contribution in [-0.4, -0.2) is 55.2 Å². The summed E-state index contributed by atoms with van der Waals surface area (Å²) in [6.07, 6.45) is 0. The third-order valence-corrected chi connectivity index (χ3v) is 2.77. The largest absolute Gasteiger partial charge is 0.383 e. The molecule has 0 aromatic carbocycles. The molecule has 0 fully saturated rings. The molecule has 0 unspecified atom stereocenters. The van der Waals surface area contributed by atoms with E-state index >= 15 is 0 Å². The molecule has 0 saturated carbocycles. The van der Waals surface area contributed by atoms with Gasteiger partial charge in [-0.1, -0.05) is 0 Å². The molecule has 1 aromatic rings. The van der Waals surface area contributed by atoms with Crippen molar-refractivity contribution in [2.24, 2.45) is 7.05 Å². The highest BCUT2D eigenvalue weighted by Gasteiger charge is 2.28. The van der Waals surface area contributed by atoms with Crippen molar-refractivity contribution in [2.75, 3.05) is 45.4 Å². The third kappa shape index (κ3) is 3.65. The van der Waals surface area contributed by atoms with E-state index in [2.05, 4.69) is 5.10 Å². The van der Waals surface area contributed by atoms with Crippen LogP contribution in [0.25, 0.3) is 0 Å².